The number of hydrogen-bond acceptors (Lipinski definition) is 4. The number of aromatic carboxylic acids is 1. The molecule has 0 amide bonds. The molecule has 1 aromatic heterocycles. The van der Waals surface area contributed by atoms with Crippen LogP contribution in [0.5, 0.6) is 0 Å². The third-order valence-corrected chi connectivity index (χ3v) is 2.83. The summed E-state index contributed by atoms with van der Waals surface area (Å²) in [5.41, 5.74) is -0.0338. The van der Waals surface area contributed by atoms with Crippen molar-refractivity contribution in [2.45, 2.75) is 18.8 Å². The molecule has 0 aromatic carbocycles. The molecule has 6 heteroatoms. The van der Waals surface area contributed by atoms with Crippen molar-refractivity contribution in [1.29, 1.82) is 0 Å². The fourth-order valence-electron chi connectivity index (χ4n) is 1.81. The van der Waals surface area contributed by atoms with E-state index in [0.717, 1.165) is 25.9 Å². The molecule has 86 valence electrons. The van der Waals surface area contributed by atoms with Crippen LogP contribution in [0.25, 0.3) is 0 Å². The summed E-state index contributed by atoms with van der Waals surface area (Å²) in [6.07, 6.45) is 1.83. The van der Waals surface area contributed by atoms with E-state index >= 15 is 0 Å². The van der Waals surface area contributed by atoms with Crippen molar-refractivity contribution >= 4 is 17.6 Å². The lowest BCUT2D eigenvalue weighted by Gasteiger charge is -2.21. The standard InChI is InChI=1S/C10H12ClN3O2/c11-8-5-7(10(15)16)13-9(14-8)6-1-3-12-4-2-6/h5-6,12H,1-4H2,(H,15,16). The molecule has 1 saturated heterocycles. The fraction of sp³-hybridized carbons (Fsp3) is 0.500. The number of rotatable bonds is 2. The van der Waals surface area contributed by atoms with Gasteiger partial charge in [0.2, 0.25) is 0 Å². The van der Waals surface area contributed by atoms with Gasteiger partial charge in [-0.25, -0.2) is 14.8 Å². The van der Waals surface area contributed by atoms with Gasteiger partial charge in [0.05, 0.1) is 0 Å². The minimum Gasteiger partial charge on any atom is -0.477 e. The van der Waals surface area contributed by atoms with Crippen molar-refractivity contribution in [1.82, 2.24) is 15.3 Å². The largest absolute Gasteiger partial charge is 0.477 e. The molecule has 2 heterocycles. The number of hydrogen-bond donors (Lipinski definition) is 2. The van der Waals surface area contributed by atoms with Crippen molar-refractivity contribution in [2.24, 2.45) is 0 Å². The average molecular weight is 242 g/mol. The van der Waals surface area contributed by atoms with Crippen LogP contribution in [0.1, 0.15) is 35.1 Å². The van der Waals surface area contributed by atoms with Crippen molar-refractivity contribution in [3.05, 3.63) is 22.7 Å². The van der Waals surface area contributed by atoms with Crippen LogP contribution in [-0.2, 0) is 0 Å². The normalized spacial score (nSPS) is 17.3. The highest BCUT2D eigenvalue weighted by Crippen LogP contribution is 2.23. The van der Waals surface area contributed by atoms with Gasteiger partial charge in [-0.15, -0.1) is 0 Å². The second-order valence-electron chi connectivity index (χ2n) is 3.76. The molecule has 2 rings (SSSR count). The van der Waals surface area contributed by atoms with Gasteiger partial charge in [0.25, 0.3) is 0 Å². The van der Waals surface area contributed by atoms with E-state index in [1.165, 1.54) is 6.07 Å². The number of aromatic nitrogens is 2. The molecule has 16 heavy (non-hydrogen) atoms. The molecule has 0 unspecified atom stereocenters. The Morgan fingerprint density at radius 3 is 2.75 bits per heavy atom. The summed E-state index contributed by atoms with van der Waals surface area (Å²) in [6.45, 7) is 1.81. The van der Waals surface area contributed by atoms with Crippen LogP contribution in [-0.4, -0.2) is 34.1 Å². The second kappa shape index (κ2) is 4.76. The molecule has 0 radical (unpaired) electrons. The summed E-state index contributed by atoms with van der Waals surface area (Å²) in [7, 11) is 0. The number of nitrogens with zero attached hydrogens (tertiary/aromatic N) is 2. The van der Waals surface area contributed by atoms with Crippen LogP contribution in [0, 0.1) is 0 Å². The van der Waals surface area contributed by atoms with Crippen LogP contribution in [0.4, 0.5) is 0 Å². The zero-order chi connectivity index (χ0) is 11.5. The Hall–Kier alpha value is -1.20. The van der Waals surface area contributed by atoms with E-state index in [0.29, 0.717) is 5.82 Å². The van der Waals surface area contributed by atoms with E-state index in [2.05, 4.69) is 15.3 Å². The minimum absolute atomic E-state index is 0.0338. The molecule has 5 nitrogen and oxygen atoms in total. The Balaban J connectivity index is 2.28. The monoisotopic (exact) mass is 241 g/mol. The lowest BCUT2D eigenvalue weighted by Crippen LogP contribution is -2.27. The first-order valence-corrected chi connectivity index (χ1v) is 5.53. The first-order chi connectivity index (χ1) is 7.66. The Morgan fingerprint density at radius 2 is 2.12 bits per heavy atom. The molecule has 0 saturated carbocycles. The van der Waals surface area contributed by atoms with Gasteiger partial charge < -0.3 is 10.4 Å². The van der Waals surface area contributed by atoms with Gasteiger partial charge in [0.15, 0.2) is 5.69 Å². The quantitative estimate of drug-likeness (QED) is 0.764. The maximum Gasteiger partial charge on any atom is 0.354 e. The van der Waals surface area contributed by atoms with Gasteiger partial charge in [0, 0.05) is 12.0 Å². The third-order valence-electron chi connectivity index (χ3n) is 2.64. The van der Waals surface area contributed by atoms with Crippen LogP contribution in [0.2, 0.25) is 5.15 Å². The molecule has 2 N–H and O–H groups in total. The maximum absolute atomic E-state index is 10.8. The molecule has 0 aliphatic carbocycles. The SMILES string of the molecule is O=C(O)c1cc(Cl)nc(C2CCNCC2)n1. The first kappa shape index (κ1) is 11.3. The van der Waals surface area contributed by atoms with E-state index in [-0.39, 0.29) is 16.8 Å². The van der Waals surface area contributed by atoms with Gasteiger partial charge >= 0.3 is 5.97 Å². The Morgan fingerprint density at radius 1 is 1.44 bits per heavy atom. The third kappa shape index (κ3) is 2.48. The molecule has 0 atom stereocenters. The smallest absolute Gasteiger partial charge is 0.354 e. The molecule has 0 bridgehead atoms. The van der Waals surface area contributed by atoms with Crippen LogP contribution < -0.4 is 5.32 Å². The minimum atomic E-state index is -1.07. The summed E-state index contributed by atoms with van der Waals surface area (Å²) < 4.78 is 0. The lowest BCUT2D eigenvalue weighted by atomic mass is 9.97. The van der Waals surface area contributed by atoms with Crippen molar-refractivity contribution in [3.8, 4) is 0 Å². The van der Waals surface area contributed by atoms with Gasteiger partial charge in [-0.1, -0.05) is 11.6 Å². The highest BCUT2D eigenvalue weighted by Gasteiger charge is 2.20. The summed E-state index contributed by atoms with van der Waals surface area (Å²) in [5.74, 6) is -0.316. The average Bonchev–Trinajstić information content (AvgIpc) is 2.29. The van der Waals surface area contributed by atoms with Gasteiger partial charge in [-0.2, -0.15) is 0 Å². The molecule has 0 spiro atoms. The van der Waals surface area contributed by atoms with Gasteiger partial charge in [-0.3, -0.25) is 0 Å². The molecular formula is C10H12ClN3O2. The zero-order valence-corrected chi connectivity index (χ0v) is 9.37. The van der Waals surface area contributed by atoms with Crippen molar-refractivity contribution < 1.29 is 9.90 Å². The zero-order valence-electron chi connectivity index (χ0n) is 8.61. The lowest BCUT2D eigenvalue weighted by molar-refractivity contribution is 0.0689. The van der Waals surface area contributed by atoms with E-state index in [9.17, 15) is 4.79 Å². The summed E-state index contributed by atoms with van der Waals surface area (Å²) in [4.78, 5) is 19.0. The first-order valence-electron chi connectivity index (χ1n) is 5.15. The number of nitrogens with one attached hydrogen (secondary N) is 1. The van der Waals surface area contributed by atoms with E-state index in [1.54, 1.807) is 0 Å². The molecule has 1 aromatic rings. The summed E-state index contributed by atoms with van der Waals surface area (Å²) >= 11 is 5.78. The van der Waals surface area contributed by atoms with E-state index in [4.69, 9.17) is 16.7 Å². The summed E-state index contributed by atoms with van der Waals surface area (Å²) in [6, 6.07) is 1.27. The van der Waals surface area contributed by atoms with Crippen LogP contribution in [0.15, 0.2) is 6.07 Å². The molecule has 1 aliphatic heterocycles. The maximum atomic E-state index is 10.8. The number of carboxylic acid groups (broad SMARTS) is 1. The van der Waals surface area contributed by atoms with Crippen LogP contribution >= 0.6 is 11.6 Å². The topological polar surface area (TPSA) is 75.1 Å². The molecule has 1 fully saturated rings. The highest BCUT2D eigenvalue weighted by molar-refractivity contribution is 6.29. The van der Waals surface area contributed by atoms with Gasteiger partial charge in [0.1, 0.15) is 11.0 Å². The number of carbonyl (C=O) groups is 1. The number of carboxylic acids is 1. The van der Waals surface area contributed by atoms with E-state index in [1.807, 2.05) is 0 Å². The van der Waals surface area contributed by atoms with E-state index < -0.39 is 5.97 Å². The summed E-state index contributed by atoms with van der Waals surface area (Å²) in [5, 5.41) is 12.3. The predicted octanol–water partition coefficient (Wildman–Crippen LogP) is 1.30. The fourth-order valence-corrected chi connectivity index (χ4v) is 2.00. The Labute approximate surface area is 97.9 Å². The molecule has 1 aliphatic rings. The van der Waals surface area contributed by atoms with Crippen molar-refractivity contribution in [2.75, 3.05) is 13.1 Å². The number of halogens is 1. The number of piperidine rings is 1. The van der Waals surface area contributed by atoms with Gasteiger partial charge in [-0.05, 0) is 25.9 Å². The second-order valence-corrected chi connectivity index (χ2v) is 4.15. The Bertz CT molecular complexity index is 405. The predicted molar refractivity (Wildman–Crippen MR) is 58.8 cm³/mol. The van der Waals surface area contributed by atoms with Crippen molar-refractivity contribution in [3.63, 3.8) is 0 Å². The van der Waals surface area contributed by atoms with Crippen LogP contribution in [0.3, 0.4) is 0 Å². The molecular weight excluding hydrogens is 230 g/mol. The highest BCUT2D eigenvalue weighted by atomic mass is 35.5. The Kier molecular flexibility index (Phi) is 3.36.